The average molecular weight is 329 g/mol. The molecule has 0 bridgehead atoms. The van der Waals surface area contributed by atoms with Crippen molar-refractivity contribution in [3.63, 3.8) is 0 Å². The molecule has 2 aliphatic heterocycles. The average Bonchev–Trinajstić information content (AvgIpc) is 2.97. The van der Waals surface area contributed by atoms with Crippen LogP contribution in [-0.4, -0.2) is 72.3 Å². The first-order valence-electron chi connectivity index (χ1n) is 8.80. The second-order valence-corrected chi connectivity index (χ2v) is 7.17. The summed E-state index contributed by atoms with van der Waals surface area (Å²) in [5.41, 5.74) is 1.80. The van der Waals surface area contributed by atoms with Crippen molar-refractivity contribution in [3.8, 4) is 0 Å². The molecule has 2 heterocycles. The van der Waals surface area contributed by atoms with E-state index in [-0.39, 0.29) is 23.9 Å². The van der Waals surface area contributed by atoms with E-state index in [0.717, 1.165) is 43.6 Å². The number of hydrogen-bond donors (Lipinski definition) is 0. The third-order valence-corrected chi connectivity index (χ3v) is 5.31. The molecule has 2 amide bonds. The van der Waals surface area contributed by atoms with Crippen LogP contribution in [0.1, 0.15) is 35.2 Å². The molecule has 1 aromatic carbocycles. The molecule has 2 atom stereocenters. The van der Waals surface area contributed by atoms with Crippen LogP contribution in [-0.2, 0) is 4.79 Å². The molecule has 5 nitrogen and oxygen atoms in total. The molecule has 0 N–H and O–H groups in total. The van der Waals surface area contributed by atoms with E-state index in [2.05, 4.69) is 4.90 Å². The number of aryl methyl sites for hydroxylation is 1. The van der Waals surface area contributed by atoms with Crippen LogP contribution in [0.3, 0.4) is 0 Å². The van der Waals surface area contributed by atoms with Crippen LogP contribution in [0.2, 0.25) is 0 Å². The van der Waals surface area contributed by atoms with Gasteiger partial charge in [0.05, 0.1) is 12.1 Å². The van der Waals surface area contributed by atoms with Crippen molar-refractivity contribution < 1.29 is 9.59 Å². The van der Waals surface area contributed by atoms with Gasteiger partial charge < -0.3 is 14.7 Å². The zero-order valence-electron chi connectivity index (χ0n) is 14.9. The van der Waals surface area contributed by atoms with Gasteiger partial charge in [-0.05, 0) is 45.5 Å². The summed E-state index contributed by atoms with van der Waals surface area (Å²) < 4.78 is 0. The summed E-state index contributed by atoms with van der Waals surface area (Å²) in [4.78, 5) is 31.5. The highest BCUT2D eigenvalue weighted by Crippen LogP contribution is 2.32. The maximum atomic E-state index is 13.0. The minimum atomic E-state index is 0.113. The van der Waals surface area contributed by atoms with Gasteiger partial charge in [0.2, 0.25) is 5.91 Å². The van der Waals surface area contributed by atoms with Crippen molar-refractivity contribution >= 4 is 11.8 Å². The number of fused-ring (bicyclic) bond motifs is 1. The lowest BCUT2D eigenvalue weighted by molar-refractivity contribution is -0.137. The molecular weight excluding hydrogens is 302 g/mol. The number of piperidine rings is 1. The van der Waals surface area contributed by atoms with Gasteiger partial charge in [-0.2, -0.15) is 0 Å². The number of amides is 2. The van der Waals surface area contributed by atoms with Gasteiger partial charge in [0.15, 0.2) is 0 Å². The van der Waals surface area contributed by atoms with Crippen LogP contribution in [0.4, 0.5) is 0 Å². The second kappa shape index (κ2) is 6.93. The topological polar surface area (TPSA) is 43.9 Å². The highest BCUT2D eigenvalue weighted by molar-refractivity contribution is 5.96. The molecule has 2 fully saturated rings. The van der Waals surface area contributed by atoms with Gasteiger partial charge in [-0.3, -0.25) is 9.59 Å². The molecule has 0 aliphatic carbocycles. The largest absolute Gasteiger partial charge is 0.336 e. The molecule has 3 rings (SSSR count). The first-order chi connectivity index (χ1) is 11.5. The van der Waals surface area contributed by atoms with Gasteiger partial charge in [-0.15, -0.1) is 0 Å². The van der Waals surface area contributed by atoms with Crippen molar-refractivity contribution in [2.75, 3.05) is 33.7 Å². The van der Waals surface area contributed by atoms with E-state index in [1.54, 1.807) is 0 Å². The Labute approximate surface area is 144 Å². The molecule has 0 saturated carbocycles. The molecule has 24 heavy (non-hydrogen) atoms. The van der Waals surface area contributed by atoms with Gasteiger partial charge in [-0.25, -0.2) is 0 Å². The van der Waals surface area contributed by atoms with Crippen LogP contribution in [0, 0.1) is 6.92 Å². The fraction of sp³-hybridized carbons (Fsp3) is 0.579. The van der Waals surface area contributed by atoms with Crippen LogP contribution in [0.5, 0.6) is 0 Å². The Morgan fingerprint density at radius 3 is 2.67 bits per heavy atom. The lowest BCUT2D eigenvalue weighted by atomic mass is 9.95. The third-order valence-electron chi connectivity index (χ3n) is 5.31. The third kappa shape index (κ3) is 3.18. The number of hydrogen-bond acceptors (Lipinski definition) is 3. The number of carbonyl (C=O) groups is 2. The van der Waals surface area contributed by atoms with Crippen molar-refractivity contribution in [2.45, 2.75) is 38.3 Å². The van der Waals surface area contributed by atoms with Gasteiger partial charge >= 0.3 is 0 Å². The molecule has 2 saturated heterocycles. The van der Waals surface area contributed by atoms with E-state index in [1.165, 1.54) is 0 Å². The van der Waals surface area contributed by atoms with Crippen LogP contribution < -0.4 is 0 Å². The van der Waals surface area contributed by atoms with E-state index in [0.29, 0.717) is 6.42 Å². The zero-order valence-corrected chi connectivity index (χ0v) is 14.9. The first kappa shape index (κ1) is 17.0. The number of rotatable bonds is 4. The predicted octanol–water partition coefficient (Wildman–Crippen LogP) is 1.76. The SMILES string of the molecule is Cc1ccccc1C(=O)N1CC[C@@H]2[C@H]1CCC(=O)N2CCN(C)C. The van der Waals surface area contributed by atoms with E-state index in [1.807, 2.05) is 55.1 Å². The van der Waals surface area contributed by atoms with Crippen LogP contribution in [0.15, 0.2) is 24.3 Å². The number of likely N-dealkylation sites (tertiary alicyclic amines) is 2. The molecule has 5 heteroatoms. The molecule has 1 aromatic rings. The smallest absolute Gasteiger partial charge is 0.254 e. The van der Waals surface area contributed by atoms with E-state index >= 15 is 0 Å². The quantitative estimate of drug-likeness (QED) is 0.845. The minimum absolute atomic E-state index is 0.113. The van der Waals surface area contributed by atoms with Gasteiger partial charge in [-0.1, -0.05) is 18.2 Å². The molecule has 0 unspecified atom stereocenters. The number of likely N-dealkylation sites (N-methyl/N-ethyl adjacent to an activating group) is 1. The van der Waals surface area contributed by atoms with Crippen molar-refractivity contribution in [1.29, 1.82) is 0 Å². The monoisotopic (exact) mass is 329 g/mol. The maximum Gasteiger partial charge on any atom is 0.254 e. The van der Waals surface area contributed by atoms with Crippen LogP contribution >= 0.6 is 0 Å². The molecule has 0 spiro atoms. The highest BCUT2D eigenvalue weighted by Gasteiger charge is 2.44. The summed E-state index contributed by atoms with van der Waals surface area (Å²) in [5, 5.41) is 0. The van der Waals surface area contributed by atoms with E-state index in [4.69, 9.17) is 0 Å². The number of carbonyl (C=O) groups excluding carboxylic acids is 2. The molecular formula is C19H27N3O2. The Hall–Kier alpha value is -1.88. The summed E-state index contributed by atoms with van der Waals surface area (Å²) >= 11 is 0. The lowest BCUT2D eigenvalue weighted by Crippen LogP contribution is -2.54. The Balaban J connectivity index is 1.76. The molecule has 2 aliphatic rings. The van der Waals surface area contributed by atoms with Gasteiger partial charge in [0.1, 0.15) is 0 Å². The number of benzene rings is 1. The van der Waals surface area contributed by atoms with Gasteiger partial charge in [0, 0.05) is 31.6 Å². The van der Waals surface area contributed by atoms with Crippen LogP contribution in [0.25, 0.3) is 0 Å². The summed E-state index contributed by atoms with van der Waals surface area (Å²) in [6, 6.07) is 8.11. The summed E-state index contributed by atoms with van der Waals surface area (Å²) in [7, 11) is 4.04. The summed E-state index contributed by atoms with van der Waals surface area (Å²) in [5.74, 6) is 0.353. The molecule has 130 valence electrons. The Bertz CT molecular complexity index is 629. The fourth-order valence-electron chi connectivity index (χ4n) is 3.97. The predicted molar refractivity (Wildman–Crippen MR) is 93.9 cm³/mol. The fourth-order valence-corrected chi connectivity index (χ4v) is 3.97. The van der Waals surface area contributed by atoms with E-state index < -0.39 is 0 Å². The minimum Gasteiger partial charge on any atom is -0.336 e. The Kier molecular flexibility index (Phi) is 4.90. The summed E-state index contributed by atoms with van der Waals surface area (Å²) in [6.07, 6.45) is 2.23. The first-order valence-corrected chi connectivity index (χ1v) is 8.80. The lowest BCUT2D eigenvalue weighted by Gasteiger charge is -2.40. The normalized spacial score (nSPS) is 23.8. The maximum absolute atomic E-state index is 13.0. The Morgan fingerprint density at radius 1 is 1.21 bits per heavy atom. The molecule has 0 radical (unpaired) electrons. The second-order valence-electron chi connectivity index (χ2n) is 7.17. The van der Waals surface area contributed by atoms with Gasteiger partial charge in [0.25, 0.3) is 5.91 Å². The standard InChI is InChI=1S/C19H27N3O2/c1-14-6-4-5-7-15(14)19(24)22-11-10-17-16(22)8-9-18(23)21(17)13-12-20(2)3/h4-7,16-17H,8-13H2,1-3H3/t16-,17-/m1/s1. The zero-order chi connectivity index (χ0) is 17.3. The Morgan fingerprint density at radius 2 is 1.96 bits per heavy atom. The molecule has 0 aromatic heterocycles. The van der Waals surface area contributed by atoms with Crippen molar-refractivity contribution in [3.05, 3.63) is 35.4 Å². The van der Waals surface area contributed by atoms with Crippen molar-refractivity contribution in [2.24, 2.45) is 0 Å². The number of nitrogens with zero attached hydrogens (tertiary/aromatic N) is 3. The summed E-state index contributed by atoms with van der Waals surface area (Å²) in [6.45, 7) is 4.34. The van der Waals surface area contributed by atoms with E-state index in [9.17, 15) is 9.59 Å². The highest BCUT2D eigenvalue weighted by atomic mass is 16.2. The van der Waals surface area contributed by atoms with Crippen molar-refractivity contribution in [1.82, 2.24) is 14.7 Å².